The minimum atomic E-state index is -0.556. The molecule has 2 amide bonds. The summed E-state index contributed by atoms with van der Waals surface area (Å²) < 4.78 is 0. The molecule has 140 valence electrons. The first kappa shape index (κ1) is 18.5. The van der Waals surface area contributed by atoms with Gasteiger partial charge in [0, 0.05) is 24.3 Å². The molecule has 0 aromatic heterocycles. The average Bonchev–Trinajstić information content (AvgIpc) is 2.90. The van der Waals surface area contributed by atoms with Gasteiger partial charge in [0.15, 0.2) is 0 Å². The van der Waals surface area contributed by atoms with Crippen LogP contribution in [0.15, 0.2) is 18.2 Å². The number of aliphatic hydroxyl groups is 1. The summed E-state index contributed by atoms with van der Waals surface area (Å²) in [6, 6.07) is 3.94. The summed E-state index contributed by atoms with van der Waals surface area (Å²) in [5.41, 5.74) is 0.617. The molecular weight excluding hydrogens is 338 g/mol. The predicted molar refractivity (Wildman–Crippen MR) is 94.8 cm³/mol. The van der Waals surface area contributed by atoms with Crippen LogP contribution >= 0.6 is 0 Å². The highest BCUT2D eigenvalue weighted by Crippen LogP contribution is 2.32. The summed E-state index contributed by atoms with van der Waals surface area (Å²) in [6.07, 6.45) is 3.55. The molecule has 0 radical (unpaired) electrons. The smallest absolute Gasteiger partial charge is 0.274 e. The number of hydrogen-bond acceptors (Lipinski definition) is 6. The van der Waals surface area contributed by atoms with Gasteiger partial charge in [-0.1, -0.05) is 12.5 Å². The van der Waals surface area contributed by atoms with Gasteiger partial charge in [-0.25, -0.2) is 4.90 Å². The molecule has 2 aliphatic heterocycles. The lowest BCUT2D eigenvalue weighted by Gasteiger charge is -2.38. The van der Waals surface area contributed by atoms with E-state index in [4.69, 9.17) is 0 Å². The topological polar surface area (TPSA) is 104 Å². The van der Waals surface area contributed by atoms with Crippen LogP contribution in [-0.2, 0) is 9.59 Å². The monoisotopic (exact) mass is 361 g/mol. The number of aryl methyl sites for hydroxylation is 1. The highest BCUT2D eigenvalue weighted by molar-refractivity contribution is 6.22. The van der Waals surface area contributed by atoms with E-state index in [1.54, 1.807) is 19.1 Å². The minimum Gasteiger partial charge on any atom is -0.396 e. The molecule has 0 aliphatic carbocycles. The number of piperidine rings is 1. The number of imide groups is 1. The fourth-order valence-corrected chi connectivity index (χ4v) is 3.97. The summed E-state index contributed by atoms with van der Waals surface area (Å²) in [5, 5.41) is 20.4. The van der Waals surface area contributed by atoms with E-state index in [1.165, 1.54) is 6.07 Å². The number of likely N-dealkylation sites (tertiary alicyclic amines) is 1. The van der Waals surface area contributed by atoms with E-state index in [9.17, 15) is 24.8 Å². The van der Waals surface area contributed by atoms with Crippen LogP contribution in [0.4, 0.5) is 11.4 Å². The Balaban J connectivity index is 1.87. The van der Waals surface area contributed by atoms with Crippen LogP contribution in [0, 0.1) is 17.0 Å². The Morgan fingerprint density at radius 1 is 1.31 bits per heavy atom. The molecule has 2 saturated heterocycles. The van der Waals surface area contributed by atoms with E-state index in [0.29, 0.717) is 12.0 Å². The summed E-state index contributed by atoms with van der Waals surface area (Å²) in [4.78, 5) is 39.2. The molecule has 1 aromatic rings. The molecule has 0 unspecified atom stereocenters. The third-order valence-electron chi connectivity index (χ3n) is 5.31. The molecule has 3 rings (SSSR count). The lowest BCUT2D eigenvalue weighted by molar-refractivity contribution is -0.385. The van der Waals surface area contributed by atoms with Gasteiger partial charge >= 0.3 is 0 Å². The van der Waals surface area contributed by atoms with Crippen molar-refractivity contribution in [1.82, 2.24) is 4.90 Å². The van der Waals surface area contributed by atoms with E-state index >= 15 is 0 Å². The molecule has 26 heavy (non-hydrogen) atoms. The predicted octanol–water partition coefficient (Wildman–Crippen LogP) is 1.77. The Hall–Kier alpha value is -2.32. The number of nitro groups is 1. The van der Waals surface area contributed by atoms with Crippen molar-refractivity contribution in [2.24, 2.45) is 0 Å². The fourth-order valence-electron chi connectivity index (χ4n) is 3.97. The van der Waals surface area contributed by atoms with Gasteiger partial charge in [-0.3, -0.25) is 24.6 Å². The Kier molecular flexibility index (Phi) is 5.33. The summed E-state index contributed by atoms with van der Waals surface area (Å²) >= 11 is 0. The first-order chi connectivity index (χ1) is 12.4. The molecule has 2 atom stereocenters. The number of carbonyl (C=O) groups excluding carboxylic acids is 2. The lowest BCUT2D eigenvalue weighted by atomic mass is 9.97. The number of anilines is 1. The number of aliphatic hydroxyl groups excluding tert-OH is 1. The normalized spacial score (nSPS) is 24.3. The zero-order valence-corrected chi connectivity index (χ0v) is 14.8. The first-order valence-electron chi connectivity index (χ1n) is 8.92. The number of amides is 2. The Bertz CT molecular complexity index is 734. The van der Waals surface area contributed by atoms with Crippen LogP contribution in [0.2, 0.25) is 0 Å². The summed E-state index contributed by atoms with van der Waals surface area (Å²) in [7, 11) is 0. The Morgan fingerprint density at radius 3 is 2.77 bits per heavy atom. The zero-order chi connectivity index (χ0) is 18.8. The quantitative estimate of drug-likeness (QED) is 0.487. The standard InChI is InChI=1S/C18H23N3O5/c1-12-5-6-14(10-15(12)21(25)26)20-17(23)11-16(18(20)24)19-8-3-2-4-13(19)7-9-22/h5-6,10,13,16,22H,2-4,7-9,11H2,1H3/t13-,16-/m0/s1. The number of nitro benzene ring substituents is 1. The molecule has 2 fully saturated rings. The van der Waals surface area contributed by atoms with Crippen molar-refractivity contribution < 1.29 is 19.6 Å². The van der Waals surface area contributed by atoms with Crippen LogP contribution in [-0.4, -0.2) is 52.0 Å². The number of nitrogens with zero attached hydrogens (tertiary/aromatic N) is 3. The fraction of sp³-hybridized carbons (Fsp3) is 0.556. The molecular formula is C18H23N3O5. The second-order valence-electron chi connectivity index (χ2n) is 6.91. The van der Waals surface area contributed by atoms with Crippen molar-refractivity contribution in [1.29, 1.82) is 0 Å². The van der Waals surface area contributed by atoms with Gasteiger partial charge in [0.2, 0.25) is 5.91 Å². The third-order valence-corrected chi connectivity index (χ3v) is 5.31. The number of carbonyl (C=O) groups is 2. The molecule has 2 aliphatic rings. The number of hydrogen-bond donors (Lipinski definition) is 1. The maximum atomic E-state index is 13.0. The molecule has 0 saturated carbocycles. The second-order valence-corrected chi connectivity index (χ2v) is 6.91. The third kappa shape index (κ3) is 3.34. The van der Waals surface area contributed by atoms with Crippen molar-refractivity contribution in [3.05, 3.63) is 33.9 Å². The second kappa shape index (κ2) is 7.51. The van der Waals surface area contributed by atoms with E-state index in [0.717, 1.165) is 30.7 Å². The highest BCUT2D eigenvalue weighted by Gasteiger charge is 2.45. The van der Waals surface area contributed by atoms with Gasteiger partial charge < -0.3 is 5.11 Å². The van der Waals surface area contributed by atoms with Crippen molar-refractivity contribution >= 4 is 23.2 Å². The van der Waals surface area contributed by atoms with Gasteiger partial charge in [0.05, 0.1) is 23.1 Å². The number of rotatable bonds is 5. The van der Waals surface area contributed by atoms with Gasteiger partial charge in [-0.15, -0.1) is 0 Å². The zero-order valence-electron chi connectivity index (χ0n) is 14.8. The first-order valence-corrected chi connectivity index (χ1v) is 8.92. The number of benzene rings is 1. The van der Waals surface area contributed by atoms with Crippen LogP contribution in [0.5, 0.6) is 0 Å². The molecule has 8 nitrogen and oxygen atoms in total. The Labute approximate surface area is 151 Å². The van der Waals surface area contributed by atoms with Crippen molar-refractivity contribution in [3.63, 3.8) is 0 Å². The average molecular weight is 361 g/mol. The highest BCUT2D eigenvalue weighted by atomic mass is 16.6. The molecule has 0 spiro atoms. The van der Waals surface area contributed by atoms with Gasteiger partial charge in [-0.05, 0) is 38.8 Å². The maximum Gasteiger partial charge on any atom is 0.274 e. The van der Waals surface area contributed by atoms with Gasteiger partial charge in [0.25, 0.3) is 11.6 Å². The molecule has 1 N–H and O–H groups in total. The van der Waals surface area contributed by atoms with E-state index in [-0.39, 0.29) is 42.3 Å². The van der Waals surface area contributed by atoms with Crippen LogP contribution < -0.4 is 4.90 Å². The van der Waals surface area contributed by atoms with Crippen LogP contribution in [0.25, 0.3) is 0 Å². The van der Waals surface area contributed by atoms with E-state index in [2.05, 4.69) is 0 Å². The summed E-state index contributed by atoms with van der Waals surface area (Å²) in [5.74, 6) is -0.676. The Morgan fingerprint density at radius 2 is 2.08 bits per heavy atom. The van der Waals surface area contributed by atoms with Crippen molar-refractivity contribution in [2.75, 3.05) is 18.1 Å². The maximum absolute atomic E-state index is 13.0. The van der Waals surface area contributed by atoms with Crippen LogP contribution in [0.1, 0.15) is 37.7 Å². The van der Waals surface area contributed by atoms with E-state index < -0.39 is 11.0 Å². The molecule has 8 heteroatoms. The molecule has 1 aromatic carbocycles. The van der Waals surface area contributed by atoms with Crippen molar-refractivity contribution in [3.8, 4) is 0 Å². The van der Waals surface area contributed by atoms with Crippen molar-refractivity contribution in [2.45, 2.75) is 51.1 Å². The van der Waals surface area contributed by atoms with Gasteiger partial charge in [-0.2, -0.15) is 0 Å². The minimum absolute atomic E-state index is 0.0455. The van der Waals surface area contributed by atoms with E-state index in [1.807, 2.05) is 4.90 Å². The van der Waals surface area contributed by atoms with Crippen LogP contribution in [0.3, 0.4) is 0 Å². The lowest BCUT2D eigenvalue weighted by Crippen LogP contribution is -2.50. The molecule has 0 bridgehead atoms. The summed E-state index contributed by atoms with van der Waals surface area (Å²) in [6.45, 7) is 2.38. The van der Waals surface area contributed by atoms with Gasteiger partial charge in [0.1, 0.15) is 0 Å². The SMILES string of the molecule is Cc1ccc(N2C(=O)C[C@H](N3CCCC[C@H]3CCO)C2=O)cc1[N+](=O)[O-]. The molecule has 2 heterocycles. The largest absolute Gasteiger partial charge is 0.396 e.